The molecule has 0 saturated heterocycles. The number of carbonyl (C=O) groups is 2. The summed E-state index contributed by atoms with van der Waals surface area (Å²) >= 11 is 0. The molecule has 0 spiro atoms. The highest BCUT2D eigenvalue weighted by Crippen LogP contribution is 2.32. The van der Waals surface area contributed by atoms with Gasteiger partial charge in [0.25, 0.3) is 0 Å². The van der Waals surface area contributed by atoms with E-state index < -0.39 is 24.3 Å². The van der Waals surface area contributed by atoms with Gasteiger partial charge in [0.05, 0.1) is 25.7 Å². The molecule has 1 unspecified atom stereocenters. The largest absolute Gasteiger partial charge is 0.490 e. The Morgan fingerprint density at radius 2 is 2.00 bits per heavy atom. The minimum atomic E-state index is -1.12. The summed E-state index contributed by atoms with van der Waals surface area (Å²) in [6.45, 7) is 1.13. The maximum Gasteiger partial charge on any atom is 0.305 e. The summed E-state index contributed by atoms with van der Waals surface area (Å²) < 4.78 is 11.0. The van der Waals surface area contributed by atoms with Gasteiger partial charge in [-0.15, -0.1) is 0 Å². The molecule has 1 amide bonds. The first kappa shape index (κ1) is 14.1. The number of rotatable bonds is 4. The number of carboxylic acid groups (broad SMARTS) is 1. The number of carboxylic acids is 1. The highest BCUT2D eigenvalue weighted by atomic mass is 16.5. The molecule has 7 nitrogen and oxygen atoms in total. The van der Waals surface area contributed by atoms with Crippen molar-refractivity contribution in [2.75, 3.05) is 18.5 Å². The summed E-state index contributed by atoms with van der Waals surface area (Å²) in [5.41, 5.74) is 5.97. The van der Waals surface area contributed by atoms with Crippen LogP contribution >= 0.6 is 0 Å². The smallest absolute Gasteiger partial charge is 0.305 e. The van der Waals surface area contributed by atoms with E-state index in [1.54, 1.807) is 18.2 Å². The summed E-state index contributed by atoms with van der Waals surface area (Å²) in [7, 11) is 0. The van der Waals surface area contributed by atoms with Crippen molar-refractivity contribution in [2.45, 2.75) is 18.9 Å². The van der Waals surface area contributed by atoms with Crippen LogP contribution < -0.4 is 20.5 Å². The van der Waals surface area contributed by atoms with Crippen molar-refractivity contribution in [1.29, 1.82) is 0 Å². The second-order valence-corrected chi connectivity index (χ2v) is 4.41. The van der Waals surface area contributed by atoms with Crippen LogP contribution in [0.4, 0.5) is 5.69 Å². The third-order valence-corrected chi connectivity index (χ3v) is 2.75. The first-order valence-electron chi connectivity index (χ1n) is 6.24. The molecule has 7 heteroatoms. The lowest BCUT2D eigenvalue weighted by molar-refractivity contribution is -0.138. The second-order valence-electron chi connectivity index (χ2n) is 4.41. The maximum atomic E-state index is 11.7. The topological polar surface area (TPSA) is 111 Å². The number of carbonyl (C=O) groups excluding carboxylic acids is 1. The Labute approximate surface area is 115 Å². The molecule has 1 aromatic carbocycles. The molecule has 4 N–H and O–H groups in total. The van der Waals surface area contributed by atoms with E-state index in [2.05, 4.69) is 5.32 Å². The molecule has 20 heavy (non-hydrogen) atoms. The van der Waals surface area contributed by atoms with Gasteiger partial charge in [-0.3, -0.25) is 9.59 Å². The number of ether oxygens (including phenoxy) is 2. The van der Waals surface area contributed by atoms with Crippen LogP contribution in [0.25, 0.3) is 0 Å². The van der Waals surface area contributed by atoms with Gasteiger partial charge in [0.2, 0.25) is 5.91 Å². The van der Waals surface area contributed by atoms with Gasteiger partial charge in [0.1, 0.15) is 0 Å². The molecule has 1 heterocycles. The molecule has 1 atom stereocenters. The Balaban J connectivity index is 2.04. The van der Waals surface area contributed by atoms with Crippen LogP contribution in [0.3, 0.4) is 0 Å². The van der Waals surface area contributed by atoms with Crippen molar-refractivity contribution < 1.29 is 24.2 Å². The average molecular weight is 280 g/mol. The number of anilines is 1. The van der Waals surface area contributed by atoms with Crippen molar-refractivity contribution in [3.8, 4) is 11.5 Å². The van der Waals surface area contributed by atoms with E-state index >= 15 is 0 Å². The van der Waals surface area contributed by atoms with Gasteiger partial charge in [-0.1, -0.05) is 0 Å². The predicted octanol–water partition coefficient (Wildman–Crippen LogP) is 0.588. The van der Waals surface area contributed by atoms with Gasteiger partial charge in [0.15, 0.2) is 11.5 Å². The first-order chi connectivity index (χ1) is 9.56. The van der Waals surface area contributed by atoms with Crippen LogP contribution in [0, 0.1) is 0 Å². The fourth-order valence-corrected chi connectivity index (χ4v) is 1.76. The van der Waals surface area contributed by atoms with E-state index in [1.165, 1.54) is 0 Å². The van der Waals surface area contributed by atoms with Gasteiger partial charge in [-0.25, -0.2) is 0 Å². The molecular formula is C13H16N2O5. The number of benzene rings is 1. The number of nitrogens with one attached hydrogen (secondary N) is 1. The third kappa shape index (κ3) is 3.61. The monoisotopic (exact) mass is 280 g/mol. The zero-order valence-electron chi connectivity index (χ0n) is 10.8. The van der Waals surface area contributed by atoms with Gasteiger partial charge in [-0.05, 0) is 12.1 Å². The van der Waals surface area contributed by atoms with Crippen LogP contribution in [-0.4, -0.2) is 36.2 Å². The van der Waals surface area contributed by atoms with E-state index in [4.69, 9.17) is 20.3 Å². The van der Waals surface area contributed by atoms with E-state index in [1.807, 2.05) is 0 Å². The lowest BCUT2D eigenvalue weighted by Gasteiger charge is -2.12. The number of amides is 1. The van der Waals surface area contributed by atoms with Gasteiger partial charge in [0, 0.05) is 18.2 Å². The zero-order chi connectivity index (χ0) is 14.5. The number of fused-ring (bicyclic) bond motifs is 1. The molecule has 0 radical (unpaired) electrons. The Kier molecular flexibility index (Phi) is 4.41. The molecule has 0 aliphatic carbocycles. The minimum absolute atomic E-state index is 0.420. The lowest BCUT2D eigenvalue weighted by Crippen LogP contribution is -2.37. The summed E-state index contributed by atoms with van der Waals surface area (Å²) in [6, 6.07) is 3.88. The SMILES string of the molecule is NC(CC(=O)O)C(=O)Nc1ccc2c(c1)OCCCO2. The molecule has 0 aromatic heterocycles. The normalized spacial score (nSPS) is 15.1. The number of nitrogens with two attached hydrogens (primary N) is 1. The zero-order valence-corrected chi connectivity index (χ0v) is 10.8. The van der Waals surface area contributed by atoms with Crippen molar-refractivity contribution in [1.82, 2.24) is 0 Å². The Morgan fingerprint density at radius 3 is 2.70 bits per heavy atom. The molecular weight excluding hydrogens is 264 g/mol. The van der Waals surface area contributed by atoms with Gasteiger partial charge >= 0.3 is 5.97 Å². The first-order valence-corrected chi connectivity index (χ1v) is 6.24. The minimum Gasteiger partial charge on any atom is -0.490 e. The fourth-order valence-electron chi connectivity index (χ4n) is 1.76. The summed E-state index contributed by atoms with van der Waals surface area (Å²) in [4.78, 5) is 22.2. The fraction of sp³-hybridized carbons (Fsp3) is 0.385. The summed E-state index contributed by atoms with van der Waals surface area (Å²) in [5.74, 6) is -0.504. The maximum absolute atomic E-state index is 11.7. The van der Waals surface area contributed by atoms with E-state index in [0.29, 0.717) is 30.4 Å². The predicted molar refractivity (Wildman–Crippen MR) is 70.9 cm³/mol. The van der Waals surface area contributed by atoms with E-state index in [0.717, 1.165) is 6.42 Å². The Morgan fingerprint density at radius 1 is 1.30 bits per heavy atom. The molecule has 1 aliphatic rings. The Hall–Kier alpha value is -2.28. The van der Waals surface area contributed by atoms with Crippen LogP contribution in [0.5, 0.6) is 11.5 Å². The molecule has 108 valence electrons. The van der Waals surface area contributed by atoms with Crippen LogP contribution in [0.15, 0.2) is 18.2 Å². The standard InChI is InChI=1S/C13H16N2O5/c14-9(7-12(16)17)13(18)15-8-2-3-10-11(6-8)20-5-1-4-19-10/h2-3,6,9H,1,4-5,7,14H2,(H,15,18)(H,16,17). The number of hydrogen-bond acceptors (Lipinski definition) is 5. The number of aliphatic carboxylic acids is 1. The highest BCUT2D eigenvalue weighted by Gasteiger charge is 2.18. The average Bonchev–Trinajstić information content (AvgIpc) is 2.62. The molecule has 1 aromatic rings. The van der Waals surface area contributed by atoms with Crippen LogP contribution in [-0.2, 0) is 9.59 Å². The van der Waals surface area contributed by atoms with Crippen molar-refractivity contribution >= 4 is 17.6 Å². The van der Waals surface area contributed by atoms with Crippen molar-refractivity contribution in [3.05, 3.63) is 18.2 Å². The number of hydrogen-bond donors (Lipinski definition) is 3. The summed E-state index contributed by atoms with van der Waals surface area (Å²) in [5, 5.41) is 11.1. The highest BCUT2D eigenvalue weighted by molar-refractivity contribution is 5.96. The van der Waals surface area contributed by atoms with Crippen molar-refractivity contribution in [3.63, 3.8) is 0 Å². The molecule has 0 saturated carbocycles. The molecule has 1 aliphatic heterocycles. The molecule has 2 rings (SSSR count). The van der Waals surface area contributed by atoms with Crippen LogP contribution in [0.2, 0.25) is 0 Å². The lowest BCUT2D eigenvalue weighted by atomic mass is 10.2. The van der Waals surface area contributed by atoms with Crippen LogP contribution in [0.1, 0.15) is 12.8 Å². The second kappa shape index (κ2) is 6.25. The summed E-state index contributed by atoms with van der Waals surface area (Å²) in [6.07, 6.45) is 0.371. The van der Waals surface area contributed by atoms with Gasteiger partial charge in [-0.2, -0.15) is 0 Å². The van der Waals surface area contributed by atoms with Gasteiger partial charge < -0.3 is 25.6 Å². The molecule has 0 bridgehead atoms. The molecule has 0 fully saturated rings. The van der Waals surface area contributed by atoms with E-state index in [9.17, 15) is 9.59 Å². The Bertz CT molecular complexity index is 517. The van der Waals surface area contributed by atoms with E-state index in [-0.39, 0.29) is 0 Å². The van der Waals surface area contributed by atoms with Crippen molar-refractivity contribution in [2.24, 2.45) is 5.73 Å². The quantitative estimate of drug-likeness (QED) is 0.744. The third-order valence-electron chi connectivity index (χ3n) is 2.75.